The second kappa shape index (κ2) is 8.19. The molecule has 1 fully saturated rings. The van der Waals surface area contributed by atoms with Crippen LogP contribution >= 0.6 is 0 Å². The summed E-state index contributed by atoms with van der Waals surface area (Å²) in [6.07, 6.45) is 2.09. The Morgan fingerprint density at radius 1 is 0.889 bits per heavy atom. The Labute approximate surface area is 160 Å². The lowest BCUT2D eigenvalue weighted by Gasteiger charge is -2.36. The molecule has 4 nitrogen and oxygen atoms in total. The summed E-state index contributed by atoms with van der Waals surface area (Å²) in [5.74, 6) is 0.00972. The Kier molecular flexibility index (Phi) is 5.50. The molecule has 2 aliphatic heterocycles. The van der Waals surface area contributed by atoms with Gasteiger partial charge in [0.2, 0.25) is 5.91 Å². The van der Waals surface area contributed by atoms with Crippen LogP contribution in [0.3, 0.4) is 0 Å². The number of halogens is 1. The smallest absolute Gasteiger partial charge is 0.241 e. The Bertz CT molecular complexity index is 784. The lowest BCUT2D eigenvalue weighted by molar-refractivity contribution is -0.120. The predicted octanol–water partition coefficient (Wildman–Crippen LogP) is 2.92. The molecule has 0 atom stereocenters. The number of carbonyl (C=O) groups excluding carboxylic acids is 1. The van der Waals surface area contributed by atoms with Crippen LogP contribution in [0.5, 0.6) is 0 Å². The maximum Gasteiger partial charge on any atom is 0.241 e. The minimum Gasteiger partial charge on any atom is -0.311 e. The fourth-order valence-electron chi connectivity index (χ4n) is 4.02. The van der Waals surface area contributed by atoms with E-state index in [9.17, 15) is 9.18 Å². The zero-order valence-electron chi connectivity index (χ0n) is 15.6. The average molecular weight is 367 g/mol. The molecule has 1 saturated heterocycles. The number of carbonyl (C=O) groups is 1. The highest BCUT2D eigenvalue weighted by Crippen LogP contribution is 2.26. The van der Waals surface area contributed by atoms with Gasteiger partial charge in [0.15, 0.2) is 0 Å². The Morgan fingerprint density at radius 3 is 2.37 bits per heavy atom. The summed E-state index contributed by atoms with van der Waals surface area (Å²) in [7, 11) is 0. The highest BCUT2D eigenvalue weighted by atomic mass is 19.1. The van der Waals surface area contributed by atoms with Gasteiger partial charge in [-0.2, -0.15) is 0 Å². The molecule has 0 aromatic heterocycles. The maximum absolute atomic E-state index is 13.0. The summed E-state index contributed by atoms with van der Waals surface area (Å²) in [6.45, 7) is 5.79. The van der Waals surface area contributed by atoms with Gasteiger partial charge in [0.25, 0.3) is 0 Å². The Hall–Kier alpha value is -2.24. The minimum atomic E-state index is -0.193. The van der Waals surface area contributed by atoms with Crippen molar-refractivity contribution < 1.29 is 9.18 Å². The van der Waals surface area contributed by atoms with Crippen LogP contribution in [0.1, 0.15) is 17.5 Å². The van der Waals surface area contributed by atoms with Crippen molar-refractivity contribution in [1.29, 1.82) is 0 Å². The molecular weight excluding hydrogens is 341 g/mol. The van der Waals surface area contributed by atoms with Gasteiger partial charge in [-0.05, 0) is 42.2 Å². The van der Waals surface area contributed by atoms with E-state index in [0.717, 1.165) is 63.4 Å². The van der Waals surface area contributed by atoms with Gasteiger partial charge in [0.1, 0.15) is 5.82 Å². The van der Waals surface area contributed by atoms with E-state index in [1.165, 1.54) is 17.7 Å². The van der Waals surface area contributed by atoms with E-state index in [2.05, 4.69) is 21.9 Å². The third-order valence-electron chi connectivity index (χ3n) is 5.55. The van der Waals surface area contributed by atoms with E-state index >= 15 is 0 Å². The summed E-state index contributed by atoms with van der Waals surface area (Å²) >= 11 is 0. The Morgan fingerprint density at radius 2 is 1.59 bits per heavy atom. The normalized spacial score (nSPS) is 18.3. The van der Waals surface area contributed by atoms with Crippen molar-refractivity contribution in [2.24, 2.45) is 0 Å². The molecule has 5 heteroatoms. The summed E-state index contributed by atoms with van der Waals surface area (Å²) in [5.41, 5.74) is 3.50. The number of hydrogen-bond acceptors (Lipinski definition) is 3. The van der Waals surface area contributed by atoms with Crippen LogP contribution in [0, 0.1) is 5.82 Å². The topological polar surface area (TPSA) is 26.8 Å². The lowest BCUT2D eigenvalue weighted by atomic mass is 10.0. The molecular formula is C22H26FN3O. The van der Waals surface area contributed by atoms with Gasteiger partial charge in [0.05, 0.1) is 6.54 Å². The van der Waals surface area contributed by atoms with Gasteiger partial charge in [-0.15, -0.1) is 0 Å². The zero-order valence-corrected chi connectivity index (χ0v) is 15.6. The molecule has 0 saturated carbocycles. The van der Waals surface area contributed by atoms with Crippen LogP contribution in [-0.4, -0.2) is 55.0 Å². The van der Waals surface area contributed by atoms with Gasteiger partial charge in [-0.3, -0.25) is 14.6 Å². The number of benzene rings is 2. The molecule has 0 aliphatic carbocycles. The molecule has 27 heavy (non-hydrogen) atoms. The van der Waals surface area contributed by atoms with Crippen LogP contribution in [0.2, 0.25) is 0 Å². The fraction of sp³-hybridized carbons (Fsp3) is 0.409. The van der Waals surface area contributed by atoms with Crippen LogP contribution in [0.4, 0.5) is 10.1 Å². The summed E-state index contributed by atoms with van der Waals surface area (Å²) in [5, 5.41) is 0. The predicted molar refractivity (Wildman–Crippen MR) is 105 cm³/mol. The molecule has 0 radical (unpaired) electrons. The molecule has 4 rings (SSSR count). The summed E-state index contributed by atoms with van der Waals surface area (Å²) < 4.78 is 13.0. The number of rotatable bonds is 4. The largest absolute Gasteiger partial charge is 0.311 e. The second-order valence-corrected chi connectivity index (χ2v) is 7.46. The van der Waals surface area contributed by atoms with E-state index in [0.29, 0.717) is 6.54 Å². The van der Waals surface area contributed by atoms with Gasteiger partial charge >= 0.3 is 0 Å². The number of hydrogen-bond donors (Lipinski definition) is 0. The number of piperazine rings is 1. The molecule has 2 aromatic carbocycles. The van der Waals surface area contributed by atoms with Crippen molar-refractivity contribution in [2.45, 2.75) is 19.4 Å². The molecule has 0 spiro atoms. The quantitative estimate of drug-likeness (QED) is 0.831. The van der Waals surface area contributed by atoms with Gasteiger partial charge in [-0.1, -0.05) is 30.3 Å². The first-order chi connectivity index (χ1) is 13.2. The fourth-order valence-corrected chi connectivity index (χ4v) is 4.02. The average Bonchev–Trinajstić information content (AvgIpc) is 2.71. The molecule has 1 amide bonds. The van der Waals surface area contributed by atoms with Crippen molar-refractivity contribution in [2.75, 3.05) is 44.2 Å². The Balaban J connectivity index is 1.29. The third-order valence-corrected chi connectivity index (χ3v) is 5.55. The van der Waals surface area contributed by atoms with Crippen molar-refractivity contribution in [3.05, 3.63) is 65.5 Å². The number of nitrogens with zero attached hydrogens (tertiary/aromatic N) is 3. The van der Waals surface area contributed by atoms with Crippen LogP contribution in [0.25, 0.3) is 0 Å². The number of fused-ring (bicyclic) bond motifs is 1. The first kappa shape index (κ1) is 18.1. The van der Waals surface area contributed by atoms with E-state index in [1.54, 1.807) is 0 Å². The first-order valence-electron chi connectivity index (χ1n) is 9.76. The van der Waals surface area contributed by atoms with E-state index < -0.39 is 0 Å². The minimum absolute atomic E-state index is 0.193. The second-order valence-electron chi connectivity index (χ2n) is 7.46. The van der Waals surface area contributed by atoms with Gasteiger partial charge < -0.3 is 4.90 Å². The number of para-hydroxylation sites is 1. The summed E-state index contributed by atoms with van der Waals surface area (Å²) in [6, 6.07) is 15.0. The molecule has 2 heterocycles. The third kappa shape index (κ3) is 4.37. The number of anilines is 1. The molecule has 2 aromatic rings. The van der Waals surface area contributed by atoms with Crippen LogP contribution in [-0.2, 0) is 17.8 Å². The van der Waals surface area contributed by atoms with Crippen LogP contribution < -0.4 is 4.90 Å². The number of amides is 1. The molecule has 2 aliphatic rings. The number of aryl methyl sites for hydroxylation is 1. The summed E-state index contributed by atoms with van der Waals surface area (Å²) in [4.78, 5) is 19.4. The van der Waals surface area contributed by atoms with E-state index in [4.69, 9.17) is 0 Å². The maximum atomic E-state index is 13.0. The first-order valence-corrected chi connectivity index (χ1v) is 9.76. The standard InChI is InChI=1S/C22H26FN3O/c23-20-9-7-18(8-10-20)16-24-12-14-25(15-13-24)17-22(27)26-11-3-5-19-4-1-2-6-21(19)26/h1-2,4,6-10H,3,5,11-17H2. The highest BCUT2D eigenvalue weighted by molar-refractivity contribution is 5.95. The van der Waals surface area contributed by atoms with E-state index in [-0.39, 0.29) is 11.7 Å². The molecule has 0 unspecified atom stereocenters. The van der Waals surface area contributed by atoms with Crippen molar-refractivity contribution >= 4 is 11.6 Å². The molecule has 0 bridgehead atoms. The lowest BCUT2D eigenvalue weighted by Crippen LogP contribution is -2.50. The SMILES string of the molecule is O=C(CN1CCN(Cc2ccc(F)cc2)CC1)N1CCCc2ccccc21. The van der Waals surface area contributed by atoms with Gasteiger partial charge in [-0.25, -0.2) is 4.39 Å². The van der Waals surface area contributed by atoms with Gasteiger partial charge in [0, 0.05) is 45.0 Å². The zero-order chi connectivity index (χ0) is 18.6. The molecule has 0 N–H and O–H groups in total. The van der Waals surface area contributed by atoms with E-state index in [1.807, 2.05) is 29.2 Å². The molecule has 142 valence electrons. The van der Waals surface area contributed by atoms with Crippen molar-refractivity contribution in [1.82, 2.24) is 9.80 Å². The van der Waals surface area contributed by atoms with Crippen LogP contribution in [0.15, 0.2) is 48.5 Å². The van der Waals surface area contributed by atoms with Crippen molar-refractivity contribution in [3.8, 4) is 0 Å². The van der Waals surface area contributed by atoms with Crippen molar-refractivity contribution in [3.63, 3.8) is 0 Å². The highest BCUT2D eigenvalue weighted by Gasteiger charge is 2.25. The monoisotopic (exact) mass is 367 g/mol.